The number of amides is 1. The number of hydrogen-bond donors (Lipinski definition) is 2. The Bertz CT molecular complexity index is 1470. The van der Waals surface area contributed by atoms with E-state index in [0.717, 1.165) is 46.3 Å². The van der Waals surface area contributed by atoms with Gasteiger partial charge in [0.1, 0.15) is 11.9 Å². The maximum atomic E-state index is 15.7. The van der Waals surface area contributed by atoms with Crippen molar-refractivity contribution in [3.8, 4) is 11.1 Å². The molecule has 3 rings (SSSR count). The molecule has 0 fully saturated rings. The van der Waals surface area contributed by atoms with Crippen LogP contribution in [0.4, 0.5) is 4.39 Å². The van der Waals surface area contributed by atoms with Crippen molar-refractivity contribution in [1.29, 1.82) is 0 Å². The minimum atomic E-state index is -1.17. The molecule has 2 N–H and O–H groups in total. The lowest BCUT2D eigenvalue weighted by atomic mass is 9.90. The minimum absolute atomic E-state index is 0.112. The third kappa shape index (κ3) is 7.94. The fourth-order valence-corrected chi connectivity index (χ4v) is 5.47. The third-order valence-corrected chi connectivity index (χ3v) is 7.82. The van der Waals surface area contributed by atoms with Gasteiger partial charge < -0.3 is 19.9 Å². The SMILES string of the molecule is CCCCC(C(=O)N[C@@H](CC(=O)O)c1cc(-c2c(C)cccc2C)cc(C)c1F)n1cc(CCN(C)C)c(C)cc1=O. The van der Waals surface area contributed by atoms with Crippen molar-refractivity contribution < 1.29 is 19.1 Å². The molecule has 0 saturated heterocycles. The van der Waals surface area contributed by atoms with Crippen LogP contribution in [0.2, 0.25) is 0 Å². The lowest BCUT2D eigenvalue weighted by molar-refractivity contribution is -0.138. The van der Waals surface area contributed by atoms with E-state index in [4.69, 9.17) is 0 Å². The zero-order valence-electron chi connectivity index (χ0n) is 25.9. The Morgan fingerprint density at radius 2 is 1.69 bits per heavy atom. The van der Waals surface area contributed by atoms with Gasteiger partial charge in [-0.2, -0.15) is 0 Å². The van der Waals surface area contributed by atoms with E-state index in [-0.39, 0.29) is 11.1 Å². The summed E-state index contributed by atoms with van der Waals surface area (Å²) in [5.41, 5.74) is 5.71. The predicted octanol–water partition coefficient (Wildman–Crippen LogP) is 6.06. The number of carboxylic acids is 1. The zero-order valence-corrected chi connectivity index (χ0v) is 25.9. The number of pyridine rings is 1. The topological polar surface area (TPSA) is 91.6 Å². The highest BCUT2D eigenvalue weighted by Gasteiger charge is 2.28. The zero-order chi connectivity index (χ0) is 31.1. The first-order chi connectivity index (χ1) is 19.8. The van der Waals surface area contributed by atoms with E-state index in [1.165, 1.54) is 4.57 Å². The molecule has 1 aromatic heterocycles. The summed E-state index contributed by atoms with van der Waals surface area (Å²) in [5.74, 6) is -2.23. The summed E-state index contributed by atoms with van der Waals surface area (Å²) in [6.45, 7) is 10.2. The van der Waals surface area contributed by atoms with Gasteiger partial charge in [-0.3, -0.25) is 14.4 Å². The van der Waals surface area contributed by atoms with Gasteiger partial charge in [-0.1, -0.05) is 38.0 Å². The van der Waals surface area contributed by atoms with Crippen molar-refractivity contribution in [2.45, 2.75) is 78.8 Å². The Morgan fingerprint density at radius 3 is 2.29 bits per heavy atom. The molecule has 0 bridgehead atoms. The first kappa shape index (κ1) is 32.7. The molecule has 0 radical (unpaired) electrons. The Kier molecular flexibility index (Phi) is 11.2. The van der Waals surface area contributed by atoms with Crippen LogP contribution in [-0.4, -0.2) is 47.1 Å². The first-order valence-corrected chi connectivity index (χ1v) is 14.6. The van der Waals surface area contributed by atoms with Crippen LogP contribution in [-0.2, 0) is 16.0 Å². The number of likely N-dealkylation sites (N-methyl/N-ethyl adjacent to an activating group) is 1. The summed E-state index contributed by atoms with van der Waals surface area (Å²) < 4.78 is 17.1. The number of carbonyl (C=O) groups is 2. The van der Waals surface area contributed by atoms with Crippen LogP contribution in [0.25, 0.3) is 11.1 Å². The molecule has 0 aliphatic rings. The molecule has 0 spiro atoms. The molecule has 1 unspecified atom stereocenters. The highest BCUT2D eigenvalue weighted by atomic mass is 19.1. The van der Waals surface area contributed by atoms with Crippen molar-refractivity contribution in [3.63, 3.8) is 0 Å². The number of aryl methyl sites for hydroxylation is 4. The number of benzene rings is 2. The number of unbranched alkanes of at least 4 members (excludes halogenated alkanes) is 1. The van der Waals surface area contributed by atoms with Crippen molar-refractivity contribution in [2.75, 3.05) is 20.6 Å². The number of halogens is 1. The van der Waals surface area contributed by atoms with Gasteiger partial charge in [-0.05, 0) is 106 Å². The molecule has 1 amide bonds. The van der Waals surface area contributed by atoms with Gasteiger partial charge in [0.2, 0.25) is 5.91 Å². The number of aromatic nitrogens is 1. The van der Waals surface area contributed by atoms with Crippen LogP contribution < -0.4 is 10.9 Å². The number of nitrogens with one attached hydrogen (secondary N) is 1. The standard InChI is InChI=1S/C34H44FN3O4/c1-8-9-13-29(38-20-25(14-15-37(6)7)23(4)17-30(38)39)34(42)36-28(19-31(40)41)27-18-26(16-24(5)33(27)35)32-21(2)11-10-12-22(32)3/h10-12,16-18,20,28-29H,8-9,13-15,19H2,1-7H3,(H,36,42)(H,40,41)/t28-,29?/m0/s1. The molecule has 0 aliphatic heterocycles. The maximum absolute atomic E-state index is 15.7. The number of aliphatic carboxylic acids is 1. The largest absolute Gasteiger partial charge is 0.481 e. The number of carboxylic acid groups (broad SMARTS) is 1. The van der Waals surface area contributed by atoms with Crippen molar-refractivity contribution in [2.24, 2.45) is 0 Å². The first-order valence-electron chi connectivity index (χ1n) is 14.6. The molecule has 1 heterocycles. The van der Waals surface area contributed by atoms with Crippen molar-refractivity contribution in [1.82, 2.24) is 14.8 Å². The number of hydrogen-bond acceptors (Lipinski definition) is 4. The molecular formula is C34H44FN3O4. The fraction of sp³-hybridized carbons (Fsp3) is 0.441. The summed E-state index contributed by atoms with van der Waals surface area (Å²) in [6.07, 6.45) is 3.84. The van der Waals surface area contributed by atoms with Crippen LogP contribution in [0, 0.1) is 33.5 Å². The van der Waals surface area contributed by atoms with E-state index >= 15 is 4.39 Å². The fourth-order valence-electron chi connectivity index (χ4n) is 5.47. The van der Waals surface area contributed by atoms with Crippen LogP contribution >= 0.6 is 0 Å². The summed E-state index contributed by atoms with van der Waals surface area (Å²) in [6, 6.07) is 8.85. The van der Waals surface area contributed by atoms with Gasteiger partial charge in [0.25, 0.3) is 5.56 Å². The summed E-state index contributed by atoms with van der Waals surface area (Å²) in [4.78, 5) is 41.1. The average Bonchev–Trinajstić information content (AvgIpc) is 2.90. The van der Waals surface area contributed by atoms with Crippen LogP contribution in [0.1, 0.15) is 78.1 Å². The Labute approximate surface area is 248 Å². The molecule has 2 aromatic carbocycles. The summed E-state index contributed by atoms with van der Waals surface area (Å²) in [5, 5.41) is 12.6. The normalized spacial score (nSPS) is 12.8. The van der Waals surface area contributed by atoms with Gasteiger partial charge in [-0.15, -0.1) is 0 Å². The molecule has 7 nitrogen and oxygen atoms in total. The molecular weight excluding hydrogens is 533 g/mol. The molecule has 2 atom stereocenters. The number of rotatable bonds is 13. The molecule has 0 saturated carbocycles. The molecule has 3 aromatic rings. The molecule has 8 heteroatoms. The van der Waals surface area contributed by atoms with Gasteiger partial charge in [-0.25, -0.2) is 4.39 Å². The second-order valence-electron chi connectivity index (χ2n) is 11.6. The quantitative estimate of drug-likeness (QED) is 0.258. The van der Waals surface area contributed by atoms with Crippen molar-refractivity contribution in [3.05, 3.63) is 92.1 Å². The number of carbonyl (C=O) groups excluding carboxylic acids is 1. The molecule has 42 heavy (non-hydrogen) atoms. The molecule has 0 aliphatic carbocycles. The van der Waals surface area contributed by atoms with Gasteiger partial charge >= 0.3 is 5.97 Å². The van der Waals surface area contributed by atoms with E-state index in [1.807, 2.05) is 60.0 Å². The van der Waals surface area contributed by atoms with E-state index in [1.54, 1.807) is 31.3 Å². The van der Waals surface area contributed by atoms with Gasteiger partial charge in [0.05, 0.1) is 12.5 Å². The lowest BCUT2D eigenvalue weighted by Gasteiger charge is -2.26. The van der Waals surface area contributed by atoms with Gasteiger partial charge in [0.15, 0.2) is 0 Å². The van der Waals surface area contributed by atoms with E-state index in [0.29, 0.717) is 24.8 Å². The smallest absolute Gasteiger partial charge is 0.305 e. The van der Waals surface area contributed by atoms with Crippen LogP contribution in [0.5, 0.6) is 0 Å². The third-order valence-electron chi connectivity index (χ3n) is 7.82. The monoisotopic (exact) mass is 577 g/mol. The second-order valence-corrected chi connectivity index (χ2v) is 11.6. The van der Waals surface area contributed by atoms with Crippen LogP contribution in [0.3, 0.4) is 0 Å². The highest BCUT2D eigenvalue weighted by molar-refractivity contribution is 5.82. The van der Waals surface area contributed by atoms with Gasteiger partial charge in [0, 0.05) is 24.4 Å². The Hall–Kier alpha value is -3.78. The summed E-state index contributed by atoms with van der Waals surface area (Å²) in [7, 11) is 3.95. The van der Waals surface area contributed by atoms with E-state index in [2.05, 4.69) is 10.2 Å². The highest BCUT2D eigenvalue weighted by Crippen LogP contribution is 2.33. The predicted molar refractivity (Wildman–Crippen MR) is 165 cm³/mol. The lowest BCUT2D eigenvalue weighted by Crippen LogP contribution is -2.40. The Balaban J connectivity index is 2.08. The maximum Gasteiger partial charge on any atom is 0.305 e. The Morgan fingerprint density at radius 1 is 1.02 bits per heavy atom. The average molecular weight is 578 g/mol. The van der Waals surface area contributed by atoms with Crippen molar-refractivity contribution >= 4 is 11.9 Å². The van der Waals surface area contributed by atoms with E-state index in [9.17, 15) is 19.5 Å². The molecule has 226 valence electrons. The number of nitrogens with zero attached hydrogens (tertiary/aromatic N) is 2. The van der Waals surface area contributed by atoms with Crippen LogP contribution in [0.15, 0.2) is 47.4 Å². The second kappa shape index (κ2) is 14.4. The summed E-state index contributed by atoms with van der Waals surface area (Å²) >= 11 is 0. The minimum Gasteiger partial charge on any atom is -0.481 e. The van der Waals surface area contributed by atoms with E-state index < -0.39 is 36.2 Å².